The molecule has 0 atom stereocenters. The second-order valence-corrected chi connectivity index (χ2v) is 7.10. The molecule has 150 valence electrons. The van der Waals surface area contributed by atoms with E-state index in [2.05, 4.69) is 22.9 Å². The van der Waals surface area contributed by atoms with Crippen LogP contribution in [0.4, 0.5) is 0 Å². The van der Waals surface area contributed by atoms with Crippen molar-refractivity contribution < 1.29 is 23.8 Å². The zero-order chi connectivity index (χ0) is 20.4. The lowest BCUT2D eigenvalue weighted by molar-refractivity contribution is 0.0499. The zero-order valence-corrected chi connectivity index (χ0v) is 17.8. The Kier molecular flexibility index (Phi) is 9.01. The molecule has 0 aromatic heterocycles. The van der Waals surface area contributed by atoms with Gasteiger partial charge in [-0.15, -0.1) is 0 Å². The van der Waals surface area contributed by atoms with Gasteiger partial charge in [0.25, 0.3) is 0 Å². The van der Waals surface area contributed by atoms with E-state index in [0.29, 0.717) is 40.3 Å². The number of benzene rings is 2. The van der Waals surface area contributed by atoms with Crippen LogP contribution in [0.15, 0.2) is 46.9 Å². The predicted octanol–water partition coefficient (Wildman–Crippen LogP) is 5.80. The minimum absolute atomic E-state index is 0.356. The number of esters is 2. The Labute approximate surface area is 174 Å². The van der Waals surface area contributed by atoms with Crippen LogP contribution in [-0.4, -0.2) is 25.2 Å². The van der Waals surface area contributed by atoms with Gasteiger partial charge in [0.2, 0.25) is 0 Å². The lowest BCUT2D eigenvalue weighted by atomic mass is 10.2. The van der Waals surface area contributed by atoms with Crippen LogP contribution in [0.1, 0.15) is 60.2 Å². The molecule has 0 aliphatic heterocycles. The Morgan fingerprint density at radius 1 is 0.857 bits per heavy atom. The molecule has 2 rings (SSSR count). The van der Waals surface area contributed by atoms with E-state index in [4.69, 9.17) is 14.2 Å². The molecular weight excluding hydrogens is 424 g/mol. The van der Waals surface area contributed by atoms with Crippen molar-refractivity contribution in [3.63, 3.8) is 0 Å². The van der Waals surface area contributed by atoms with E-state index in [-0.39, 0.29) is 5.97 Å². The number of hydrogen-bond donors (Lipinski definition) is 0. The third-order valence-electron chi connectivity index (χ3n) is 3.95. The van der Waals surface area contributed by atoms with Crippen molar-refractivity contribution in [3.8, 4) is 11.5 Å². The Hall–Kier alpha value is -2.34. The Morgan fingerprint density at radius 3 is 2.14 bits per heavy atom. The topological polar surface area (TPSA) is 61.8 Å². The van der Waals surface area contributed by atoms with Gasteiger partial charge in [0, 0.05) is 0 Å². The first-order chi connectivity index (χ1) is 13.5. The van der Waals surface area contributed by atoms with Crippen molar-refractivity contribution in [2.45, 2.75) is 39.5 Å². The van der Waals surface area contributed by atoms with E-state index in [1.54, 1.807) is 42.5 Å². The van der Waals surface area contributed by atoms with Gasteiger partial charge in [-0.1, -0.05) is 26.7 Å². The Morgan fingerprint density at radius 2 is 1.50 bits per heavy atom. The maximum atomic E-state index is 12.4. The van der Waals surface area contributed by atoms with Crippen molar-refractivity contribution in [2.75, 3.05) is 13.2 Å². The van der Waals surface area contributed by atoms with Crippen LogP contribution in [-0.2, 0) is 4.74 Å². The fourth-order valence-corrected chi connectivity index (χ4v) is 2.78. The summed E-state index contributed by atoms with van der Waals surface area (Å²) in [6, 6.07) is 11.4. The van der Waals surface area contributed by atoms with Gasteiger partial charge in [-0.25, -0.2) is 9.59 Å². The summed E-state index contributed by atoms with van der Waals surface area (Å²) in [5, 5.41) is 0. The summed E-state index contributed by atoms with van der Waals surface area (Å²) < 4.78 is 16.9. The Balaban J connectivity index is 1.95. The van der Waals surface area contributed by atoms with E-state index >= 15 is 0 Å². The standard InChI is InChI=1S/C22H25BrO5/c1-3-5-13-26-20-12-9-17(15-19(20)23)22(25)28-18-10-7-16(8-11-18)21(24)27-14-6-4-2/h7-12,15H,3-6,13-14H2,1-2H3. The van der Waals surface area contributed by atoms with Crippen LogP contribution >= 0.6 is 15.9 Å². The van der Waals surface area contributed by atoms with E-state index in [1.165, 1.54) is 0 Å². The third kappa shape index (κ3) is 6.68. The highest BCUT2D eigenvalue weighted by atomic mass is 79.9. The van der Waals surface area contributed by atoms with Gasteiger partial charge >= 0.3 is 11.9 Å². The molecule has 5 nitrogen and oxygen atoms in total. The molecular formula is C22H25BrO5. The number of carbonyl (C=O) groups excluding carboxylic acids is 2. The van der Waals surface area contributed by atoms with E-state index in [0.717, 1.165) is 25.7 Å². The first kappa shape index (κ1) is 22.0. The number of carbonyl (C=O) groups is 2. The molecule has 6 heteroatoms. The summed E-state index contributed by atoms with van der Waals surface area (Å²) in [6.07, 6.45) is 3.82. The van der Waals surface area contributed by atoms with Gasteiger partial charge in [0.15, 0.2) is 0 Å². The lowest BCUT2D eigenvalue weighted by Crippen LogP contribution is -2.10. The van der Waals surface area contributed by atoms with Crippen LogP contribution in [0.25, 0.3) is 0 Å². The SMILES string of the molecule is CCCCOC(=O)c1ccc(OC(=O)c2ccc(OCCCC)c(Br)c2)cc1. The van der Waals surface area contributed by atoms with Gasteiger partial charge in [-0.2, -0.15) is 0 Å². The monoisotopic (exact) mass is 448 g/mol. The molecule has 28 heavy (non-hydrogen) atoms. The summed E-state index contributed by atoms with van der Waals surface area (Å²) in [7, 11) is 0. The molecule has 0 saturated heterocycles. The summed E-state index contributed by atoms with van der Waals surface area (Å²) in [5.74, 6) is 0.179. The maximum absolute atomic E-state index is 12.4. The fourth-order valence-electron chi connectivity index (χ4n) is 2.29. The molecule has 0 heterocycles. The molecule has 0 amide bonds. The lowest BCUT2D eigenvalue weighted by Gasteiger charge is -2.10. The van der Waals surface area contributed by atoms with Crippen LogP contribution in [0.5, 0.6) is 11.5 Å². The van der Waals surface area contributed by atoms with E-state index in [9.17, 15) is 9.59 Å². The largest absolute Gasteiger partial charge is 0.492 e. The highest BCUT2D eigenvalue weighted by Crippen LogP contribution is 2.27. The van der Waals surface area contributed by atoms with Crippen LogP contribution in [0.2, 0.25) is 0 Å². The maximum Gasteiger partial charge on any atom is 0.343 e. The quantitative estimate of drug-likeness (QED) is 0.261. The average molecular weight is 449 g/mol. The predicted molar refractivity (Wildman–Crippen MR) is 111 cm³/mol. The van der Waals surface area contributed by atoms with Crippen LogP contribution in [0.3, 0.4) is 0 Å². The smallest absolute Gasteiger partial charge is 0.343 e. The van der Waals surface area contributed by atoms with E-state index < -0.39 is 5.97 Å². The summed E-state index contributed by atoms with van der Waals surface area (Å²) in [4.78, 5) is 24.2. The van der Waals surface area contributed by atoms with Crippen molar-refractivity contribution in [1.82, 2.24) is 0 Å². The van der Waals surface area contributed by atoms with Crippen molar-refractivity contribution in [2.24, 2.45) is 0 Å². The van der Waals surface area contributed by atoms with Gasteiger partial charge in [-0.05, 0) is 71.2 Å². The molecule has 0 aliphatic carbocycles. The fraction of sp³-hybridized carbons (Fsp3) is 0.364. The number of ether oxygens (including phenoxy) is 3. The minimum atomic E-state index is -0.487. The molecule has 0 fully saturated rings. The summed E-state index contributed by atoms with van der Waals surface area (Å²) >= 11 is 3.42. The molecule has 0 N–H and O–H groups in total. The second-order valence-electron chi connectivity index (χ2n) is 6.25. The second kappa shape index (κ2) is 11.5. The third-order valence-corrected chi connectivity index (χ3v) is 4.57. The average Bonchev–Trinajstić information content (AvgIpc) is 2.70. The van der Waals surface area contributed by atoms with Gasteiger partial charge in [0.1, 0.15) is 11.5 Å². The molecule has 0 radical (unpaired) electrons. The van der Waals surface area contributed by atoms with Gasteiger partial charge in [-0.3, -0.25) is 0 Å². The highest BCUT2D eigenvalue weighted by Gasteiger charge is 2.13. The summed E-state index contributed by atoms with van der Waals surface area (Å²) in [5.41, 5.74) is 0.824. The van der Waals surface area contributed by atoms with Gasteiger partial charge in [0.05, 0.1) is 28.8 Å². The number of unbranched alkanes of at least 4 members (excludes halogenated alkanes) is 2. The van der Waals surface area contributed by atoms with Gasteiger partial charge < -0.3 is 14.2 Å². The van der Waals surface area contributed by atoms with Crippen molar-refractivity contribution in [3.05, 3.63) is 58.1 Å². The number of rotatable bonds is 10. The van der Waals surface area contributed by atoms with Crippen molar-refractivity contribution in [1.29, 1.82) is 0 Å². The molecule has 0 unspecified atom stereocenters. The van der Waals surface area contributed by atoms with Crippen molar-refractivity contribution >= 4 is 27.9 Å². The minimum Gasteiger partial charge on any atom is -0.492 e. The molecule has 0 saturated carbocycles. The van der Waals surface area contributed by atoms with E-state index in [1.807, 2.05) is 6.92 Å². The molecule has 2 aromatic carbocycles. The van der Waals surface area contributed by atoms with Crippen LogP contribution < -0.4 is 9.47 Å². The molecule has 0 aliphatic rings. The normalized spacial score (nSPS) is 10.4. The van der Waals surface area contributed by atoms with Crippen LogP contribution in [0, 0.1) is 0 Å². The number of hydrogen-bond acceptors (Lipinski definition) is 5. The Bertz CT molecular complexity index is 786. The zero-order valence-electron chi connectivity index (χ0n) is 16.2. The first-order valence-electron chi connectivity index (χ1n) is 9.46. The molecule has 2 aromatic rings. The molecule has 0 spiro atoms. The number of halogens is 1. The summed E-state index contributed by atoms with van der Waals surface area (Å²) in [6.45, 7) is 5.16. The first-order valence-corrected chi connectivity index (χ1v) is 10.3. The highest BCUT2D eigenvalue weighted by molar-refractivity contribution is 9.10. The molecule has 0 bridgehead atoms.